The van der Waals surface area contributed by atoms with Crippen LogP contribution in [0.4, 0.5) is 14.5 Å². The summed E-state index contributed by atoms with van der Waals surface area (Å²) in [4.78, 5) is 24.3. The van der Waals surface area contributed by atoms with E-state index >= 15 is 0 Å². The Balaban J connectivity index is 1.61. The first-order valence-corrected chi connectivity index (χ1v) is 8.55. The minimum atomic E-state index is -0.922. The molecular formula is C20H18F2N4O2. The van der Waals surface area contributed by atoms with Gasteiger partial charge in [0.2, 0.25) is 0 Å². The lowest BCUT2D eigenvalue weighted by molar-refractivity contribution is -0.136. The molecule has 2 amide bonds. The van der Waals surface area contributed by atoms with Crippen molar-refractivity contribution in [3.8, 4) is 0 Å². The van der Waals surface area contributed by atoms with E-state index < -0.39 is 29.5 Å². The molecular weight excluding hydrogens is 366 g/mol. The summed E-state index contributed by atoms with van der Waals surface area (Å²) < 4.78 is 28.5. The molecule has 1 unspecified atom stereocenters. The first kappa shape index (κ1) is 19.2. The number of aromatic nitrogens is 2. The van der Waals surface area contributed by atoms with Crippen LogP contribution in [0.15, 0.2) is 60.9 Å². The average molecular weight is 384 g/mol. The third-order valence-electron chi connectivity index (χ3n) is 4.07. The first-order valence-electron chi connectivity index (χ1n) is 8.55. The molecule has 0 saturated heterocycles. The highest BCUT2D eigenvalue weighted by molar-refractivity contribution is 6.39. The number of carbonyl (C=O) groups is 2. The van der Waals surface area contributed by atoms with Crippen LogP contribution in [-0.2, 0) is 16.1 Å². The van der Waals surface area contributed by atoms with Crippen molar-refractivity contribution in [2.24, 2.45) is 0 Å². The highest BCUT2D eigenvalue weighted by Gasteiger charge is 2.19. The minimum Gasteiger partial charge on any atom is -0.341 e. The average Bonchev–Trinajstić information content (AvgIpc) is 3.14. The molecule has 8 heteroatoms. The molecule has 6 nitrogen and oxygen atoms in total. The topological polar surface area (TPSA) is 76.0 Å². The molecule has 1 aromatic heterocycles. The Morgan fingerprint density at radius 3 is 2.64 bits per heavy atom. The fourth-order valence-electron chi connectivity index (χ4n) is 2.71. The number of halogens is 2. The van der Waals surface area contributed by atoms with Gasteiger partial charge in [0.25, 0.3) is 0 Å². The Hall–Kier alpha value is -3.55. The van der Waals surface area contributed by atoms with Gasteiger partial charge in [-0.25, -0.2) is 8.78 Å². The van der Waals surface area contributed by atoms with Gasteiger partial charge in [-0.3, -0.25) is 14.3 Å². The van der Waals surface area contributed by atoms with Crippen LogP contribution >= 0.6 is 0 Å². The standard InChI is InChI=1S/C20H18F2N4O2/c1-13(17-7-6-15(21)11-18(17)22)24-19(27)20(28)25-16-5-2-4-14(10-16)12-26-9-3-8-23-26/h2-11,13H,12H2,1H3,(H,24,27)(H,25,28). The maximum atomic E-state index is 13.8. The van der Waals surface area contributed by atoms with E-state index in [-0.39, 0.29) is 5.56 Å². The minimum absolute atomic E-state index is 0.0868. The third-order valence-corrected chi connectivity index (χ3v) is 4.07. The molecule has 2 aromatic carbocycles. The molecule has 0 spiro atoms. The summed E-state index contributed by atoms with van der Waals surface area (Å²) in [6, 6.07) is 11.1. The van der Waals surface area contributed by atoms with E-state index in [4.69, 9.17) is 0 Å². The third kappa shape index (κ3) is 4.79. The van der Waals surface area contributed by atoms with Gasteiger partial charge in [0, 0.05) is 29.7 Å². The van der Waals surface area contributed by atoms with E-state index in [0.29, 0.717) is 12.2 Å². The highest BCUT2D eigenvalue weighted by Crippen LogP contribution is 2.18. The maximum absolute atomic E-state index is 13.8. The van der Waals surface area contributed by atoms with Crippen LogP contribution in [-0.4, -0.2) is 21.6 Å². The number of benzene rings is 2. The monoisotopic (exact) mass is 384 g/mol. The number of anilines is 1. The molecule has 0 aliphatic heterocycles. The zero-order valence-corrected chi connectivity index (χ0v) is 15.0. The lowest BCUT2D eigenvalue weighted by Crippen LogP contribution is -2.37. The molecule has 2 N–H and O–H groups in total. The van der Waals surface area contributed by atoms with Gasteiger partial charge in [-0.15, -0.1) is 0 Å². The molecule has 0 radical (unpaired) electrons. The van der Waals surface area contributed by atoms with Crippen molar-refractivity contribution in [1.82, 2.24) is 15.1 Å². The van der Waals surface area contributed by atoms with E-state index in [0.717, 1.165) is 17.7 Å². The van der Waals surface area contributed by atoms with Crippen molar-refractivity contribution in [2.75, 3.05) is 5.32 Å². The van der Waals surface area contributed by atoms with E-state index in [1.807, 2.05) is 12.3 Å². The van der Waals surface area contributed by atoms with E-state index in [1.54, 1.807) is 35.1 Å². The van der Waals surface area contributed by atoms with E-state index in [1.165, 1.54) is 13.0 Å². The molecule has 0 bridgehead atoms. The number of nitrogens with zero attached hydrogens (tertiary/aromatic N) is 2. The summed E-state index contributed by atoms with van der Waals surface area (Å²) in [7, 11) is 0. The molecule has 1 heterocycles. The van der Waals surface area contributed by atoms with Gasteiger partial charge < -0.3 is 10.6 Å². The molecule has 28 heavy (non-hydrogen) atoms. The van der Waals surface area contributed by atoms with E-state index in [9.17, 15) is 18.4 Å². The molecule has 3 aromatic rings. The van der Waals surface area contributed by atoms with Crippen LogP contribution in [0.5, 0.6) is 0 Å². The fourth-order valence-corrected chi connectivity index (χ4v) is 2.71. The van der Waals surface area contributed by atoms with Gasteiger partial charge in [0.1, 0.15) is 11.6 Å². The molecule has 1 atom stereocenters. The van der Waals surface area contributed by atoms with Crippen LogP contribution in [0.25, 0.3) is 0 Å². The number of rotatable bonds is 5. The largest absolute Gasteiger partial charge is 0.341 e. The smallest absolute Gasteiger partial charge is 0.313 e. The van der Waals surface area contributed by atoms with Crippen molar-refractivity contribution >= 4 is 17.5 Å². The summed E-state index contributed by atoms with van der Waals surface area (Å²) >= 11 is 0. The van der Waals surface area contributed by atoms with Crippen molar-refractivity contribution in [2.45, 2.75) is 19.5 Å². The van der Waals surface area contributed by atoms with Crippen molar-refractivity contribution in [1.29, 1.82) is 0 Å². The quantitative estimate of drug-likeness (QED) is 0.664. The van der Waals surface area contributed by atoms with Crippen LogP contribution in [0, 0.1) is 11.6 Å². The summed E-state index contributed by atoms with van der Waals surface area (Å²) in [5.41, 5.74) is 1.43. The van der Waals surface area contributed by atoms with Gasteiger partial charge >= 0.3 is 11.8 Å². The summed E-state index contributed by atoms with van der Waals surface area (Å²) in [5, 5.41) is 9.02. The summed E-state index contributed by atoms with van der Waals surface area (Å²) in [6.45, 7) is 2.02. The second kappa shape index (κ2) is 8.43. The Morgan fingerprint density at radius 1 is 1.11 bits per heavy atom. The second-order valence-corrected chi connectivity index (χ2v) is 6.22. The number of nitrogens with one attached hydrogen (secondary N) is 2. The van der Waals surface area contributed by atoms with Crippen LogP contribution in [0.3, 0.4) is 0 Å². The number of hydrogen-bond acceptors (Lipinski definition) is 3. The highest BCUT2D eigenvalue weighted by atomic mass is 19.1. The molecule has 144 valence electrons. The Labute approximate surface area is 160 Å². The summed E-state index contributed by atoms with van der Waals surface area (Å²) in [5.74, 6) is -3.31. The van der Waals surface area contributed by atoms with Crippen molar-refractivity contribution in [3.63, 3.8) is 0 Å². The lowest BCUT2D eigenvalue weighted by atomic mass is 10.1. The Morgan fingerprint density at radius 2 is 1.93 bits per heavy atom. The SMILES string of the molecule is CC(NC(=O)C(=O)Nc1cccc(Cn2cccn2)c1)c1ccc(F)cc1F. The van der Waals surface area contributed by atoms with Crippen LogP contribution < -0.4 is 10.6 Å². The number of hydrogen-bond donors (Lipinski definition) is 2. The fraction of sp³-hybridized carbons (Fsp3) is 0.150. The number of carbonyl (C=O) groups excluding carboxylic acids is 2. The normalized spacial score (nSPS) is 11.7. The first-order chi connectivity index (χ1) is 13.4. The molecule has 3 rings (SSSR count). The molecule has 0 fully saturated rings. The van der Waals surface area contributed by atoms with Crippen molar-refractivity contribution in [3.05, 3.63) is 83.7 Å². The van der Waals surface area contributed by atoms with Gasteiger partial charge in [0.05, 0.1) is 12.6 Å². The lowest BCUT2D eigenvalue weighted by Gasteiger charge is -2.15. The zero-order chi connectivity index (χ0) is 20.1. The van der Waals surface area contributed by atoms with Gasteiger partial charge in [-0.05, 0) is 36.8 Å². The van der Waals surface area contributed by atoms with Gasteiger partial charge in [0.15, 0.2) is 0 Å². The van der Waals surface area contributed by atoms with Gasteiger partial charge in [-0.1, -0.05) is 18.2 Å². The Bertz CT molecular complexity index is 990. The molecule has 0 aliphatic carbocycles. The predicted molar refractivity (Wildman–Crippen MR) is 99.3 cm³/mol. The van der Waals surface area contributed by atoms with Crippen LogP contribution in [0.1, 0.15) is 24.1 Å². The van der Waals surface area contributed by atoms with Crippen molar-refractivity contribution < 1.29 is 18.4 Å². The molecule has 0 saturated carbocycles. The Kier molecular flexibility index (Phi) is 5.78. The van der Waals surface area contributed by atoms with E-state index in [2.05, 4.69) is 15.7 Å². The number of amides is 2. The maximum Gasteiger partial charge on any atom is 0.313 e. The van der Waals surface area contributed by atoms with Crippen LogP contribution in [0.2, 0.25) is 0 Å². The molecule has 0 aliphatic rings. The second-order valence-electron chi connectivity index (χ2n) is 6.22. The summed E-state index contributed by atoms with van der Waals surface area (Å²) in [6.07, 6.45) is 3.48. The van der Waals surface area contributed by atoms with Gasteiger partial charge in [-0.2, -0.15) is 5.10 Å². The zero-order valence-electron chi connectivity index (χ0n) is 15.0. The predicted octanol–water partition coefficient (Wildman–Crippen LogP) is 3.03.